The fourth-order valence-corrected chi connectivity index (χ4v) is 2.88. The lowest BCUT2D eigenvalue weighted by Crippen LogP contribution is -2.28. The summed E-state index contributed by atoms with van der Waals surface area (Å²) in [6.45, 7) is 10.6. The van der Waals surface area contributed by atoms with Gasteiger partial charge in [0.15, 0.2) is 0 Å². The van der Waals surface area contributed by atoms with Gasteiger partial charge in [0.1, 0.15) is 5.69 Å². The zero-order chi connectivity index (χ0) is 17.9. The number of hydrogen-bond acceptors (Lipinski definition) is 2. The molecule has 24 heavy (non-hydrogen) atoms. The van der Waals surface area contributed by atoms with E-state index in [0.717, 1.165) is 16.5 Å². The van der Waals surface area contributed by atoms with Gasteiger partial charge in [0.25, 0.3) is 5.91 Å². The van der Waals surface area contributed by atoms with E-state index < -0.39 is 5.97 Å². The molecule has 0 atom stereocenters. The number of carboxylic acids is 1. The molecule has 0 bridgehead atoms. The summed E-state index contributed by atoms with van der Waals surface area (Å²) in [6.07, 6.45) is 1.66. The van der Waals surface area contributed by atoms with E-state index in [0.29, 0.717) is 18.2 Å². The molecule has 0 saturated carbocycles. The molecule has 1 aromatic heterocycles. The molecular weight excluding hydrogens is 304 g/mol. The van der Waals surface area contributed by atoms with E-state index in [1.54, 1.807) is 6.08 Å². The smallest absolute Gasteiger partial charge is 0.305 e. The average Bonchev–Trinajstić information content (AvgIpc) is 2.79. The van der Waals surface area contributed by atoms with Gasteiger partial charge in [-0.1, -0.05) is 26.0 Å². The summed E-state index contributed by atoms with van der Waals surface area (Å²) in [5.41, 5.74) is 3.68. The van der Waals surface area contributed by atoms with Crippen LogP contribution in [-0.2, 0) is 11.3 Å². The number of amides is 1. The number of aryl methyl sites for hydroxylation is 1. The summed E-state index contributed by atoms with van der Waals surface area (Å²) in [4.78, 5) is 23.2. The number of nitrogens with zero attached hydrogens (tertiary/aromatic N) is 1. The lowest BCUT2D eigenvalue weighted by Gasteiger charge is -2.10. The fourth-order valence-electron chi connectivity index (χ4n) is 2.88. The number of benzene rings is 1. The number of carbonyl (C=O) groups is 2. The van der Waals surface area contributed by atoms with E-state index >= 15 is 0 Å². The van der Waals surface area contributed by atoms with Gasteiger partial charge >= 0.3 is 5.97 Å². The first-order valence-electron chi connectivity index (χ1n) is 8.10. The van der Waals surface area contributed by atoms with Crippen LogP contribution in [0.4, 0.5) is 0 Å². The Bertz CT molecular complexity index is 787. The zero-order valence-electron chi connectivity index (χ0n) is 14.4. The number of rotatable bonds is 7. The van der Waals surface area contributed by atoms with Gasteiger partial charge < -0.3 is 15.0 Å². The van der Waals surface area contributed by atoms with Crippen molar-refractivity contribution in [1.82, 2.24) is 9.88 Å². The molecule has 0 aliphatic carbocycles. The second-order valence-electron chi connectivity index (χ2n) is 6.20. The minimum absolute atomic E-state index is 0.0933. The molecule has 0 unspecified atom stereocenters. The van der Waals surface area contributed by atoms with E-state index in [4.69, 9.17) is 5.11 Å². The molecule has 0 aliphatic heterocycles. The van der Waals surface area contributed by atoms with Crippen LogP contribution in [0.15, 0.2) is 30.9 Å². The second kappa shape index (κ2) is 7.34. The molecule has 2 aromatic rings. The van der Waals surface area contributed by atoms with Crippen molar-refractivity contribution in [2.24, 2.45) is 0 Å². The maximum absolute atomic E-state index is 12.6. The molecule has 0 fully saturated rings. The normalized spacial score (nSPS) is 11.0. The zero-order valence-corrected chi connectivity index (χ0v) is 14.4. The highest BCUT2D eigenvalue weighted by atomic mass is 16.4. The summed E-state index contributed by atoms with van der Waals surface area (Å²) < 4.78 is 1.93. The SMILES string of the molecule is C=CCn1c(C(=O)NCCC(=O)O)c(C)c2cc(C(C)C)ccc21. The molecule has 2 N–H and O–H groups in total. The van der Waals surface area contributed by atoms with E-state index in [1.165, 1.54) is 5.56 Å². The Morgan fingerprint density at radius 2 is 2.08 bits per heavy atom. The Kier molecular flexibility index (Phi) is 5.44. The molecule has 128 valence electrons. The molecule has 0 spiro atoms. The van der Waals surface area contributed by atoms with Gasteiger partial charge in [-0.25, -0.2) is 0 Å². The lowest BCUT2D eigenvalue weighted by atomic mass is 10.0. The van der Waals surface area contributed by atoms with Gasteiger partial charge in [-0.15, -0.1) is 6.58 Å². The fraction of sp³-hybridized carbons (Fsp3) is 0.368. The molecule has 0 aliphatic rings. The third-order valence-corrected chi connectivity index (χ3v) is 4.16. The van der Waals surface area contributed by atoms with Crippen molar-refractivity contribution < 1.29 is 14.7 Å². The Balaban J connectivity index is 2.48. The molecule has 0 saturated heterocycles. The van der Waals surface area contributed by atoms with Gasteiger partial charge in [-0.2, -0.15) is 0 Å². The monoisotopic (exact) mass is 328 g/mol. The molecular formula is C19H24N2O3. The topological polar surface area (TPSA) is 71.3 Å². The van der Waals surface area contributed by atoms with E-state index in [2.05, 4.69) is 37.9 Å². The van der Waals surface area contributed by atoms with E-state index in [1.807, 2.05) is 17.6 Å². The van der Waals surface area contributed by atoms with Gasteiger partial charge in [0.2, 0.25) is 0 Å². The van der Waals surface area contributed by atoms with Crippen LogP contribution < -0.4 is 5.32 Å². The number of aromatic nitrogens is 1. The number of allylic oxidation sites excluding steroid dienone is 1. The Hall–Kier alpha value is -2.56. The standard InChI is InChI=1S/C19H24N2O3/c1-5-10-21-16-7-6-14(12(2)3)11-15(16)13(4)18(21)19(24)20-9-8-17(22)23/h5-7,11-12H,1,8-10H2,2-4H3,(H,20,24)(H,22,23). The largest absolute Gasteiger partial charge is 0.481 e. The third-order valence-electron chi connectivity index (χ3n) is 4.16. The maximum atomic E-state index is 12.6. The highest BCUT2D eigenvalue weighted by Gasteiger charge is 2.20. The lowest BCUT2D eigenvalue weighted by molar-refractivity contribution is -0.136. The third kappa shape index (κ3) is 3.50. The van der Waals surface area contributed by atoms with Crippen LogP contribution >= 0.6 is 0 Å². The highest BCUT2D eigenvalue weighted by molar-refractivity contribution is 6.02. The molecule has 5 nitrogen and oxygen atoms in total. The van der Waals surface area contributed by atoms with E-state index in [-0.39, 0.29) is 18.9 Å². The van der Waals surface area contributed by atoms with Crippen LogP contribution in [0.3, 0.4) is 0 Å². The highest BCUT2D eigenvalue weighted by Crippen LogP contribution is 2.29. The predicted octanol–water partition coefficient (Wildman–Crippen LogP) is 3.46. The van der Waals surface area contributed by atoms with Gasteiger partial charge in [0, 0.05) is 24.0 Å². The number of fused-ring (bicyclic) bond motifs is 1. The van der Waals surface area contributed by atoms with E-state index in [9.17, 15) is 9.59 Å². The first kappa shape index (κ1) is 17.8. The number of carbonyl (C=O) groups excluding carboxylic acids is 1. The van der Waals surface area contributed by atoms with Crippen molar-refractivity contribution in [2.75, 3.05) is 6.54 Å². The molecule has 1 aromatic carbocycles. The number of nitrogens with one attached hydrogen (secondary N) is 1. The minimum Gasteiger partial charge on any atom is -0.481 e. The summed E-state index contributed by atoms with van der Waals surface area (Å²) in [6, 6.07) is 6.25. The molecule has 5 heteroatoms. The Morgan fingerprint density at radius 3 is 2.67 bits per heavy atom. The quantitative estimate of drug-likeness (QED) is 0.765. The number of carboxylic acid groups (broad SMARTS) is 1. The van der Waals surface area contributed by atoms with Crippen molar-refractivity contribution in [3.63, 3.8) is 0 Å². The van der Waals surface area contributed by atoms with Crippen molar-refractivity contribution in [3.05, 3.63) is 47.7 Å². The minimum atomic E-state index is -0.930. The Labute approximate surface area is 142 Å². The first-order valence-corrected chi connectivity index (χ1v) is 8.10. The molecule has 2 rings (SSSR count). The van der Waals surface area contributed by atoms with Gasteiger partial charge in [-0.3, -0.25) is 9.59 Å². The summed E-state index contributed by atoms with van der Waals surface area (Å²) >= 11 is 0. The molecule has 1 heterocycles. The number of aliphatic carboxylic acids is 1. The first-order chi connectivity index (χ1) is 11.4. The summed E-state index contributed by atoms with van der Waals surface area (Å²) in [5.74, 6) is -0.775. The summed E-state index contributed by atoms with van der Waals surface area (Å²) in [5, 5.41) is 12.5. The van der Waals surface area contributed by atoms with Crippen LogP contribution in [0.2, 0.25) is 0 Å². The van der Waals surface area contributed by atoms with Gasteiger partial charge in [-0.05, 0) is 36.1 Å². The van der Waals surface area contributed by atoms with Crippen LogP contribution in [0.1, 0.15) is 47.8 Å². The Morgan fingerprint density at radius 1 is 1.38 bits per heavy atom. The van der Waals surface area contributed by atoms with Crippen molar-refractivity contribution in [2.45, 2.75) is 39.7 Å². The van der Waals surface area contributed by atoms with Crippen molar-refractivity contribution >= 4 is 22.8 Å². The van der Waals surface area contributed by atoms with Crippen molar-refractivity contribution in [3.8, 4) is 0 Å². The molecule has 1 amide bonds. The average molecular weight is 328 g/mol. The number of hydrogen-bond donors (Lipinski definition) is 2. The van der Waals surface area contributed by atoms with Crippen molar-refractivity contribution in [1.29, 1.82) is 0 Å². The second-order valence-corrected chi connectivity index (χ2v) is 6.20. The summed E-state index contributed by atoms with van der Waals surface area (Å²) in [7, 11) is 0. The van der Waals surface area contributed by atoms with Gasteiger partial charge in [0.05, 0.1) is 6.42 Å². The molecule has 0 radical (unpaired) electrons. The van der Waals surface area contributed by atoms with Crippen LogP contribution in [0.5, 0.6) is 0 Å². The van der Waals surface area contributed by atoms with Crippen LogP contribution in [0, 0.1) is 6.92 Å². The van der Waals surface area contributed by atoms with Crippen LogP contribution in [-0.4, -0.2) is 28.1 Å². The maximum Gasteiger partial charge on any atom is 0.305 e. The predicted molar refractivity (Wildman–Crippen MR) is 95.5 cm³/mol. The van der Waals surface area contributed by atoms with Crippen LogP contribution in [0.25, 0.3) is 10.9 Å².